The fraction of sp³-hybridized carbons (Fsp3) is 0.176. The Morgan fingerprint density at radius 3 is 2.85 bits per heavy atom. The Morgan fingerprint density at radius 1 is 1.08 bits per heavy atom. The molecule has 0 saturated carbocycles. The summed E-state index contributed by atoms with van der Waals surface area (Å²) in [6, 6.07) is 13.0. The van der Waals surface area contributed by atoms with Crippen LogP contribution in [0.25, 0.3) is 11.3 Å². The second-order valence-electron chi connectivity index (χ2n) is 5.68. The molecule has 9 heteroatoms. The fourth-order valence-corrected chi connectivity index (χ4v) is 2.74. The van der Waals surface area contributed by atoms with Crippen molar-refractivity contribution in [2.24, 2.45) is 0 Å². The number of tetrazole rings is 1. The first kappa shape index (κ1) is 15.9. The molecule has 4 rings (SSSR count). The molecular formula is C17H16N8O. The lowest BCUT2D eigenvalue weighted by Gasteiger charge is -2.09. The molecule has 0 radical (unpaired) electrons. The molecule has 3 heterocycles. The van der Waals surface area contributed by atoms with Crippen LogP contribution in [0.3, 0.4) is 0 Å². The van der Waals surface area contributed by atoms with E-state index in [1.54, 1.807) is 12.1 Å². The Bertz CT molecular complexity index is 1020. The normalized spacial score (nSPS) is 10.9. The van der Waals surface area contributed by atoms with Crippen molar-refractivity contribution in [1.82, 2.24) is 40.1 Å². The number of rotatable bonds is 6. The van der Waals surface area contributed by atoms with Gasteiger partial charge in [0.1, 0.15) is 12.2 Å². The maximum absolute atomic E-state index is 12.5. The van der Waals surface area contributed by atoms with Crippen LogP contribution in [-0.4, -0.2) is 47.3 Å². The summed E-state index contributed by atoms with van der Waals surface area (Å²) in [5.74, 6) is 0.714. The molecule has 1 N–H and O–H groups in total. The molecule has 0 aliphatic heterocycles. The van der Waals surface area contributed by atoms with E-state index < -0.39 is 0 Å². The van der Waals surface area contributed by atoms with Crippen molar-refractivity contribution in [2.45, 2.75) is 12.8 Å². The van der Waals surface area contributed by atoms with E-state index in [2.05, 4.69) is 31.0 Å². The molecule has 0 aliphatic rings. The van der Waals surface area contributed by atoms with Gasteiger partial charge in [-0.1, -0.05) is 18.2 Å². The third-order valence-corrected chi connectivity index (χ3v) is 3.99. The van der Waals surface area contributed by atoms with Crippen LogP contribution in [0.5, 0.6) is 0 Å². The lowest BCUT2D eigenvalue weighted by atomic mass is 10.1. The van der Waals surface area contributed by atoms with E-state index in [0.29, 0.717) is 17.8 Å². The molecule has 0 spiro atoms. The third kappa shape index (κ3) is 3.14. The van der Waals surface area contributed by atoms with Crippen molar-refractivity contribution in [2.75, 3.05) is 6.54 Å². The maximum Gasteiger partial charge on any atom is 0.253 e. The minimum Gasteiger partial charge on any atom is -0.352 e. The zero-order chi connectivity index (χ0) is 17.8. The number of pyridine rings is 1. The van der Waals surface area contributed by atoms with Gasteiger partial charge in [-0.2, -0.15) is 4.68 Å². The predicted octanol–water partition coefficient (Wildman–Crippen LogP) is 1.07. The minimum atomic E-state index is -0.165. The fourth-order valence-electron chi connectivity index (χ4n) is 2.74. The maximum atomic E-state index is 12.5. The summed E-state index contributed by atoms with van der Waals surface area (Å²) < 4.78 is 3.42. The SMILES string of the molecule is O=C(NCCCc1nnc2ccccn12)c1ccccc1-n1cnnn1. The van der Waals surface area contributed by atoms with E-state index in [0.717, 1.165) is 24.3 Å². The van der Waals surface area contributed by atoms with Crippen LogP contribution in [0.15, 0.2) is 55.0 Å². The number of carbonyl (C=O) groups is 1. The van der Waals surface area contributed by atoms with Crippen LogP contribution in [0, 0.1) is 0 Å². The lowest BCUT2D eigenvalue weighted by Crippen LogP contribution is -2.26. The average molecular weight is 348 g/mol. The second kappa shape index (κ2) is 7.09. The highest BCUT2D eigenvalue weighted by molar-refractivity contribution is 5.97. The number of benzene rings is 1. The Hall–Kier alpha value is -3.62. The Morgan fingerprint density at radius 2 is 1.96 bits per heavy atom. The van der Waals surface area contributed by atoms with Crippen LogP contribution in [0.4, 0.5) is 0 Å². The number of nitrogens with zero attached hydrogens (tertiary/aromatic N) is 7. The third-order valence-electron chi connectivity index (χ3n) is 3.99. The molecule has 1 amide bonds. The molecule has 0 bridgehead atoms. The summed E-state index contributed by atoms with van der Waals surface area (Å²) >= 11 is 0. The number of carbonyl (C=O) groups excluding carboxylic acids is 1. The highest BCUT2D eigenvalue weighted by Gasteiger charge is 2.13. The molecular weight excluding hydrogens is 332 g/mol. The molecule has 3 aromatic heterocycles. The molecule has 0 saturated heterocycles. The van der Waals surface area contributed by atoms with Crippen LogP contribution >= 0.6 is 0 Å². The van der Waals surface area contributed by atoms with Gasteiger partial charge in [-0.3, -0.25) is 9.20 Å². The van der Waals surface area contributed by atoms with E-state index in [1.807, 2.05) is 40.9 Å². The van der Waals surface area contributed by atoms with Gasteiger partial charge in [0.05, 0.1) is 11.3 Å². The Balaban J connectivity index is 1.38. The number of aromatic nitrogens is 7. The van der Waals surface area contributed by atoms with Crippen molar-refractivity contribution < 1.29 is 4.79 Å². The van der Waals surface area contributed by atoms with Crippen LogP contribution in [-0.2, 0) is 6.42 Å². The molecule has 9 nitrogen and oxygen atoms in total. The average Bonchev–Trinajstić information content (AvgIpc) is 3.35. The molecule has 0 fully saturated rings. The van der Waals surface area contributed by atoms with E-state index in [1.165, 1.54) is 11.0 Å². The van der Waals surface area contributed by atoms with Gasteiger partial charge in [0.25, 0.3) is 5.91 Å². The number of aryl methyl sites for hydroxylation is 1. The first-order valence-corrected chi connectivity index (χ1v) is 8.22. The molecule has 130 valence electrons. The topological polar surface area (TPSA) is 103 Å². The highest BCUT2D eigenvalue weighted by Crippen LogP contribution is 2.12. The lowest BCUT2D eigenvalue weighted by molar-refractivity contribution is 0.0953. The number of hydrogen-bond acceptors (Lipinski definition) is 6. The predicted molar refractivity (Wildman–Crippen MR) is 92.8 cm³/mol. The van der Waals surface area contributed by atoms with E-state index in [9.17, 15) is 4.79 Å². The highest BCUT2D eigenvalue weighted by atomic mass is 16.1. The van der Waals surface area contributed by atoms with Gasteiger partial charge in [-0.05, 0) is 41.1 Å². The van der Waals surface area contributed by atoms with Crippen molar-refractivity contribution in [3.05, 3.63) is 66.4 Å². The van der Waals surface area contributed by atoms with E-state index >= 15 is 0 Å². The van der Waals surface area contributed by atoms with Crippen molar-refractivity contribution in [3.8, 4) is 5.69 Å². The summed E-state index contributed by atoms with van der Waals surface area (Å²) in [5, 5.41) is 22.3. The minimum absolute atomic E-state index is 0.165. The van der Waals surface area contributed by atoms with Gasteiger partial charge in [-0.25, -0.2) is 0 Å². The van der Waals surface area contributed by atoms with Crippen LogP contribution in [0.2, 0.25) is 0 Å². The first-order chi connectivity index (χ1) is 12.8. The summed E-state index contributed by atoms with van der Waals surface area (Å²) in [6.45, 7) is 0.532. The number of fused-ring (bicyclic) bond motifs is 1. The van der Waals surface area contributed by atoms with Gasteiger partial charge in [-0.15, -0.1) is 15.3 Å². The number of para-hydroxylation sites is 1. The number of hydrogen-bond donors (Lipinski definition) is 1. The summed E-state index contributed by atoms with van der Waals surface area (Å²) in [7, 11) is 0. The molecule has 0 atom stereocenters. The summed E-state index contributed by atoms with van der Waals surface area (Å²) in [4.78, 5) is 12.5. The van der Waals surface area contributed by atoms with Gasteiger partial charge in [0.2, 0.25) is 0 Å². The monoisotopic (exact) mass is 348 g/mol. The van der Waals surface area contributed by atoms with Crippen LogP contribution < -0.4 is 5.32 Å². The summed E-state index contributed by atoms with van der Waals surface area (Å²) in [5.41, 5.74) is 1.98. The molecule has 26 heavy (non-hydrogen) atoms. The van der Waals surface area contributed by atoms with Crippen molar-refractivity contribution >= 4 is 11.6 Å². The van der Waals surface area contributed by atoms with E-state index in [-0.39, 0.29) is 5.91 Å². The Kier molecular flexibility index (Phi) is 4.33. The molecule has 1 aromatic carbocycles. The Labute approximate surface area is 148 Å². The quantitative estimate of drug-likeness (QED) is 0.523. The second-order valence-corrected chi connectivity index (χ2v) is 5.68. The number of nitrogens with one attached hydrogen (secondary N) is 1. The van der Waals surface area contributed by atoms with Gasteiger partial charge < -0.3 is 5.32 Å². The zero-order valence-corrected chi connectivity index (χ0v) is 13.9. The zero-order valence-electron chi connectivity index (χ0n) is 13.9. The van der Waals surface area contributed by atoms with Gasteiger partial charge in [0.15, 0.2) is 5.65 Å². The molecule has 0 aliphatic carbocycles. The van der Waals surface area contributed by atoms with E-state index in [4.69, 9.17) is 0 Å². The number of amides is 1. The van der Waals surface area contributed by atoms with Gasteiger partial charge >= 0.3 is 0 Å². The largest absolute Gasteiger partial charge is 0.352 e. The van der Waals surface area contributed by atoms with Gasteiger partial charge in [0, 0.05) is 19.2 Å². The standard InChI is InChI=1S/C17H16N8O/c26-17(13-6-1-2-7-14(13)25-12-19-22-23-25)18-10-5-9-16-21-20-15-8-3-4-11-24(15)16/h1-4,6-8,11-12H,5,9-10H2,(H,18,26). The smallest absolute Gasteiger partial charge is 0.253 e. The molecule has 4 aromatic rings. The molecule has 0 unspecified atom stereocenters. The summed E-state index contributed by atoms with van der Waals surface area (Å²) in [6.07, 6.45) is 4.88. The van der Waals surface area contributed by atoms with Crippen molar-refractivity contribution in [3.63, 3.8) is 0 Å². The van der Waals surface area contributed by atoms with Crippen molar-refractivity contribution in [1.29, 1.82) is 0 Å². The van der Waals surface area contributed by atoms with Crippen LogP contribution in [0.1, 0.15) is 22.6 Å². The first-order valence-electron chi connectivity index (χ1n) is 8.22.